The summed E-state index contributed by atoms with van der Waals surface area (Å²) in [4.78, 5) is 20.9. The molecule has 46 heavy (non-hydrogen) atoms. The Balaban J connectivity index is 1.11. The van der Waals surface area contributed by atoms with Gasteiger partial charge in [-0.3, -0.25) is 4.40 Å². The lowest BCUT2D eigenvalue weighted by Gasteiger charge is -2.10. The minimum absolute atomic E-state index is 0.644. The number of benzene rings is 5. The van der Waals surface area contributed by atoms with E-state index in [-0.39, 0.29) is 0 Å². The second kappa shape index (κ2) is 10.9. The molecule has 0 atom stereocenters. The zero-order valence-electron chi connectivity index (χ0n) is 24.6. The molecule has 0 amide bonds. The molecule has 5 aromatic carbocycles. The summed E-state index contributed by atoms with van der Waals surface area (Å²) in [6, 6.07) is 52.1. The third-order valence-corrected chi connectivity index (χ3v) is 9.43. The molecule has 0 N–H and O–H groups in total. The summed E-state index contributed by atoms with van der Waals surface area (Å²) < 4.78 is 3.54. The van der Waals surface area contributed by atoms with Crippen LogP contribution in [0.25, 0.3) is 82.6 Å². The maximum Gasteiger partial charge on any atom is 0.164 e. The van der Waals surface area contributed by atoms with Crippen LogP contribution in [-0.2, 0) is 0 Å². The molecule has 4 aromatic heterocycles. The Labute approximate surface area is 269 Å². The minimum atomic E-state index is 0.644. The number of hydrogen-bond acceptors (Lipinski definition) is 5. The summed E-state index contributed by atoms with van der Waals surface area (Å²) in [6.45, 7) is 0. The van der Waals surface area contributed by atoms with Crippen LogP contribution in [0.15, 0.2) is 152 Å². The Bertz CT molecular complexity index is 2460. The Morgan fingerprint density at radius 3 is 1.70 bits per heavy atom. The number of hydrogen-bond donors (Lipinski definition) is 0. The minimum Gasteiger partial charge on any atom is -0.284 e. The lowest BCUT2D eigenvalue weighted by molar-refractivity contribution is 1.07. The van der Waals surface area contributed by atoms with Crippen molar-refractivity contribution in [2.24, 2.45) is 0 Å². The molecule has 6 heteroatoms. The molecule has 0 saturated carbocycles. The molecule has 216 valence electrons. The molecule has 0 saturated heterocycles. The molecule has 0 radical (unpaired) electrons. The first-order valence-electron chi connectivity index (χ1n) is 15.2. The van der Waals surface area contributed by atoms with Gasteiger partial charge in [-0.05, 0) is 41.0 Å². The standard InChI is InChI=1S/C40H25N5S/c1-3-11-28(12-4-1)37-42-38(29-13-5-2-6-14-29)44-39(43-37)31-16-9-15-30(25-31)26-21-23-27(24-22-26)33-18-10-20-35-41-36-32-17-7-8-19-34(32)46-40(36)45(33)35/h1-25H. The molecule has 0 spiro atoms. The second-order valence-corrected chi connectivity index (χ2v) is 12.2. The Morgan fingerprint density at radius 2 is 0.978 bits per heavy atom. The van der Waals surface area contributed by atoms with Crippen LogP contribution in [0.4, 0.5) is 0 Å². The quantitative estimate of drug-likeness (QED) is 0.195. The van der Waals surface area contributed by atoms with Crippen LogP contribution in [0.3, 0.4) is 0 Å². The van der Waals surface area contributed by atoms with Crippen LogP contribution in [-0.4, -0.2) is 24.3 Å². The fraction of sp³-hybridized carbons (Fsp3) is 0. The molecule has 5 nitrogen and oxygen atoms in total. The summed E-state index contributed by atoms with van der Waals surface area (Å²) in [5, 5.41) is 1.21. The molecule has 0 aliphatic heterocycles. The predicted octanol–water partition coefficient (Wildman–Crippen LogP) is 10.2. The average molecular weight is 608 g/mol. The van der Waals surface area contributed by atoms with Crippen LogP contribution < -0.4 is 0 Å². The highest BCUT2D eigenvalue weighted by molar-refractivity contribution is 7.25. The number of thiophene rings is 1. The molecule has 0 fully saturated rings. The van der Waals surface area contributed by atoms with E-state index in [1.54, 1.807) is 11.3 Å². The van der Waals surface area contributed by atoms with E-state index >= 15 is 0 Å². The monoisotopic (exact) mass is 607 g/mol. The van der Waals surface area contributed by atoms with Crippen molar-refractivity contribution < 1.29 is 0 Å². The zero-order valence-corrected chi connectivity index (χ0v) is 25.4. The van der Waals surface area contributed by atoms with Crippen molar-refractivity contribution in [1.29, 1.82) is 0 Å². The number of fused-ring (bicyclic) bond motifs is 5. The van der Waals surface area contributed by atoms with Crippen molar-refractivity contribution in [3.05, 3.63) is 152 Å². The Kier molecular flexibility index (Phi) is 6.25. The summed E-state index contributed by atoms with van der Waals surface area (Å²) in [7, 11) is 0. The van der Waals surface area contributed by atoms with Gasteiger partial charge in [0.2, 0.25) is 0 Å². The van der Waals surface area contributed by atoms with E-state index in [9.17, 15) is 0 Å². The molecule has 4 heterocycles. The molecular weight excluding hydrogens is 583 g/mol. The van der Waals surface area contributed by atoms with Crippen LogP contribution in [0.1, 0.15) is 0 Å². The maximum atomic E-state index is 5.00. The first-order valence-corrected chi connectivity index (χ1v) is 16.0. The van der Waals surface area contributed by atoms with Crippen LogP contribution in [0, 0.1) is 0 Å². The van der Waals surface area contributed by atoms with Gasteiger partial charge >= 0.3 is 0 Å². The molecule has 0 unspecified atom stereocenters. The molecule has 9 aromatic rings. The lowest BCUT2D eigenvalue weighted by Crippen LogP contribution is -2.00. The van der Waals surface area contributed by atoms with Crippen LogP contribution in [0.5, 0.6) is 0 Å². The van der Waals surface area contributed by atoms with Crippen LogP contribution >= 0.6 is 11.3 Å². The van der Waals surface area contributed by atoms with E-state index in [0.29, 0.717) is 17.5 Å². The second-order valence-electron chi connectivity index (χ2n) is 11.2. The first-order chi connectivity index (χ1) is 22.8. The van der Waals surface area contributed by atoms with Crippen molar-refractivity contribution in [1.82, 2.24) is 24.3 Å². The van der Waals surface area contributed by atoms with Gasteiger partial charge in [0, 0.05) is 26.8 Å². The first kappa shape index (κ1) is 26.4. The Morgan fingerprint density at radius 1 is 0.413 bits per heavy atom. The SMILES string of the molecule is c1ccc(-c2nc(-c3ccccc3)nc(-c3cccc(-c4ccc(-c5cccc6nc7c8ccccc8sc7n56)cc4)c3)n2)cc1. The van der Waals surface area contributed by atoms with Gasteiger partial charge in [-0.1, -0.05) is 127 Å². The number of pyridine rings is 1. The van der Waals surface area contributed by atoms with Gasteiger partial charge in [0.15, 0.2) is 17.5 Å². The largest absolute Gasteiger partial charge is 0.284 e. The topological polar surface area (TPSA) is 56.0 Å². The van der Waals surface area contributed by atoms with Crippen LogP contribution in [0.2, 0.25) is 0 Å². The van der Waals surface area contributed by atoms with Gasteiger partial charge in [0.1, 0.15) is 16.0 Å². The highest BCUT2D eigenvalue weighted by Gasteiger charge is 2.16. The summed E-state index contributed by atoms with van der Waals surface area (Å²) in [5.74, 6) is 1.95. The number of rotatable bonds is 5. The third kappa shape index (κ3) is 4.55. The van der Waals surface area contributed by atoms with E-state index < -0.39 is 0 Å². The highest BCUT2D eigenvalue weighted by atomic mass is 32.1. The van der Waals surface area contributed by atoms with Gasteiger partial charge in [0.05, 0.1) is 5.69 Å². The molecule has 9 rings (SSSR count). The third-order valence-electron chi connectivity index (χ3n) is 8.28. The summed E-state index contributed by atoms with van der Waals surface area (Å²) >= 11 is 1.79. The van der Waals surface area contributed by atoms with Gasteiger partial charge in [-0.25, -0.2) is 19.9 Å². The normalized spacial score (nSPS) is 11.5. The van der Waals surface area contributed by atoms with Crippen molar-refractivity contribution in [2.75, 3.05) is 0 Å². The molecule has 0 bridgehead atoms. The fourth-order valence-corrected chi connectivity index (χ4v) is 7.19. The fourth-order valence-electron chi connectivity index (χ4n) is 6.03. The van der Waals surface area contributed by atoms with E-state index in [0.717, 1.165) is 50.2 Å². The smallest absolute Gasteiger partial charge is 0.164 e. The average Bonchev–Trinajstić information content (AvgIpc) is 3.69. The summed E-state index contributed by atoms with van der Waals surface area (Å²) in [6.07, 6.45) is 0. The zero-order chi connectivity index (χ0) is 30.5. The Hall–Kier alpha value is -5.98. The predicted molar refractivity (Wildman–Crippen MR) is 189 cm³/mol. The van der Waals surface area contributed by atoms with Crippen molar-refractivity contribution >= 4 is 37.4 Å². The summed E-state index contributed by atoms with van der Waals surface area (Å²) in [5.41, 5.74) is 9.35. The van der Waals surface area contributed by atoms with Gasteiger partial charge in [-0.2, -0.15) is 0 Å². The van der Waals surface area contributed by atoms with E-state index in [1.807, 2.05) is 60.7 Å². The van der Waals surface area contributed by atoms with E-state index in [1.165, 1.54) is 14.9 Å². The van der Waals surface area contributed by atoms with Crippen molar-refractivity contribution in [3.8, 4) is 56.5 Å². The lowest BCUT2D eigenvalue weighted by atomic mass is 10.0. The van der Waals surface area contributed by atoms with E-state index in [4.69, 9.17) is 19.9 Å². The van der Waals surface area contributed by atoms with Gasteiger partial charge in [0.25, 0.3) is 0 Å². The maximum absolute atomic E-state index is 5.00. The number of imidazole rings is 1. The molecule has 0 aliphatic carbocycles. The highest BCUT2D eigenvalue weighted by Crippen LogP contribution is 2.37. The molecular formula is C40H25N5S. The molecule has 0 aliphatic rings. The van der Waals surface area contributed by atoms with E-state index in [2.05, 4.69) is 95.4 Å². The van der Waals surface area contributed by atoms with Gasteiger partial charge < -0.3 is 0 Å². The van der Waals surface area contributed by atoms with Gasteiger partial charge in [-0.15, -0.1) is 11.3 Å². The number of nitrogens with zero attached hydrogens (tertiary/aromatic N) is 5. The number of aromatic nitrogens is 5. The van der Waals surface area contributed by atoms with Crippen molar-refractivity contribution in [3.63, 3.8) is 0 Å². The van der Waals surface area contributed by atoms with Crippen molar-refractivity contribution in [2.45, 2.75) is 0 Å².